The number of rotatable bonds is 14. The van der Waals surface area contributed by atoms with Crippen molar-refractivity contribution in [2.24, 2.45) is 16.7 Å². The van der Waals surface area contributed by atoms with Crippen molar-refractivity contribution in [3.8, 4) is 0 Å². The van der Waals surface area contributed by atoms with Gasteiger partial charge in [-0.1, -0.05) is 20.8 Å². The summed E-state index contributed by atoms with van der Waals surface area (Å²) in [4.78, 5) is 25.9. The van der Waals surface area contributed by atoms with E-state index in [0.29, 0.717) is 13.3 Å². The van der Waals surface area contributed by atoms with Gasteiger partial charge in [-0.25, -0.2) is 0 Å². The maximum absolute atomic E-state index is 13.0. The van der Waals surface area contributed by atoms with Crippen LogP contribution in [-0.4, -0.2) is 60.8 Å². The lowest BCUT2D eigenvalue weighted by atomic mass is 9.68. The minimum absolute atomic E-state index is 0.00571. The van der Waals surface area contributed by atoms with Crippen molar-refractivity contribution in [3.63, 3.8) is 0 Å². The highest BCUT2D eigenvalue weighted by Crippen LogP contribution is 2.43. The number of alkyl halides is 6. The third kappa shape index (κ3) is 11.4. The molecule has 0 amide bonds. The Kier molecular flexibility index (Phi) is 12.0. The van der Waals surface area contributed by atoms with Gasteiger partial charge >= 0.3 is 24.3 Å². The molecule has 0 aromatic carbocycles. The number of ether oxygens (including phenoxy) is 2. The van der Waals surface area contributed by atoms with Gasteiger partial charge in [0.05, 0.1) is 17.4 Å². The van der Waals surface area contributed by atoms with Crippen molar-refractivity contribution in [1.29, 1.82) is 0 Å². The van der Waals surface area contributed by atoms with Crippen molar-refractivity contribution in [2.75, 3.05) is 19.7 Å². The summed E-state index contributed by atoms with van der Waals surface area (Å²) in [5, 5.41) is 11.8. The van der Waals surface area contributed by atoms with Gasteiger partial charge in [-0.05, 0) is 52.9 Å². The summed E-state index contributed by atoms with van der Waals surface area (Å²) in [6, 6.07) is 0. The first-order chi connectivity index (χ1) is 15.6. The minimum atomic E-state index is -4.91. The first-order valence-corrected chi connectivity index (χ1v) is 11.5. The summed E-state index contributed by atoms with van der Waals surface area (Å²) >= 11 is 0. The molecule has 4 atom stereocenters. The van der Waals surface area contributed by atoms with E-state index in [2.05, 4.69) is 5.32 Å². The molecular formula is C23H39F6NO5. The predicted octanol–water partition coefficient (Wildman–Crippen LogP) is 5.18. The lowest BCUT2D eigenvalue weighted by Crippen LogP contribution is -2.46. The van der Waals surface area contributed by atoms with Crippen LogP contribution in [0, 0.1) is 16.7 Å². The quantitative estimate of drug-likeness (QED) is 0.186. The van der Waals surface area contributed by atoms with Crippen LogP contribution >= 0.6 is 0 Å². The molecule has 6 nitrogen and oxygen atoms in total. The van der Waals surface area contributed by atoms with Crippen LogP contribution in [0.15, 0.2) is 0 Å². The van der Waals surface area contributed by atoms with Gasteiger partial charge < -0.3 is 19.9 Å². The Morgan fingerprint density at radius 1 is 0.914 bits per heavy atom. The zero-order valence-electron chi connectivity index (χ0n) is 21.5. The molecule has 0 saturated carbocycles. The Labute approximate surface area is 203 Å². The average molecular weight is 524 g/mol. The molecule has 0 spiro atoms. The van der Waals surface area contributed by atoms with Crippen LogP contribution in [0.4, 0.5) is 26.3 Å². The highest BCUT2D eigenvalue weighted by Gasteiger charge is 2.51. The van der Waals surface area contributed by atoms with Gasteiger partial charge in [0.2, 0.25) is 0 Å². The van der Waals surface area contributed by atoms with Crippen LogP contribution in [0.5, 0.6) is 0 Å². The molecule has 2 N–H and O–H groups in total. The highest BCUT2D eigenvalue weighted by atomic mass is 19.4. The van der Waals surface area contributed by atoms with Crippen molar-refractivity contribution < 1.29 is 50.5 Å². The zero-order chi connectivity index (χ0) is 27.9. The lowest BCUT2D eigenvalue weighted by Gasteiger charge is -2.38. The van der Waals surface area contributed by atoms with E-state index < -0.39 is 59.8 Å². The molecule has 0 saturated heterocycles. The van der Waals surface area contributed by atoms with E-state index in [0.717, 1.165) is 0 Å². The third-order valence-electron chi connectivity index (χ3n) is 5.85. The molecule has 0 aromatic rings. The summed E-state index contributed by atoms with van der Waals surface area (Å²) in [7, 11) is 0. The molecule has 0 aliphatic rings. The standard InChI is InChI=1S/C23H39F6NO5/c1-8-19(5,18(32)35-16(4)12-21(7,33)23(27,28)29)13-20(6,11-15(2)3)17(31)34-10-9-30-14-22(24,25)26/h15-16,30,33H,8-14H2,1-7H3. The summed E-state index contributed by atoms with van der Waals surface area (Å²) in [6.45, 7) is 8.55. The molecule has 0 fully saturated rings. The summed E-state index contributed by atoms with van der Waals surface area (Å²) < 4.78 is 86.0. The van der Waals surface area contributed by atoms with Gasteiger partial charge in [0.25, 0.3) is 0 Å². The Balaban J connectivity index is 5.40. The molecular weight excluding hydrogens is 484 g/mol. The number of nitrogens with one attached hydrogen (secondary N) is 1. The fraction of sp³-hybridized carbons (Fsp3) is 0.913. The van der Waals surface area contributed by atoms with E-state index in [4.69, 9.17) is 9.47 Å². The monoisotopic (exact) mass is 523 g/mol. The van der Waals surface area contributed by atoms with Crippen molar-refractivity contribution in [1.82, 2.24) is 5.32 Å². The van der Waals surface area contributed by atoms with E-state index in [1.54, 1.807) is 13.8 Å². The van der Waals surface area contributed by atoms with E-state index in [9.17, 15) is 41.0 Å². The summed E-state index contributed by atoms with van der Waals surface area (Å²) in [5.41, 5.74) is -5.52. The highest BCUT2D eigenvalue weighted by molar-refractivity contribution is 5.80. The van der Waals surface area contributed by atoms with Crippen LogP contribution in [0.25, 0.3) is 0 Å². The Morgan fingerprint density at radius 2 is 1.46 bits per heavy atom. The van der Waals surface area contributed by atoms with Crippen LogP contribution in [0.1, 0.15) is 74.1 Å². The SMILES string of the molecule is CCC(C)(CC(C)(CC(C)C)C(=O)OCCNCC(F)(F)F)C(=O)OC(C)CC(C)(O)C(F)(F)F. The van der Waals surface area contributed by atoms with E-state index in [1.165, 1.54) is 13.8 Å². The van der Waals surface area contributed by atoms with Crippen molar-refractivity contribution in [3.05, 3.63) is 0 Å². The fourth-order valence-corrected chi connectivity index (χ4v) is 3.99. The van der Waals surface area contributed by atoms with E-state index >= 15 is 0 Å². The molecule has 0 aliphatic carbocycles. The Morgan fingerprint density at radius 3 is 1.89 bits per heavy atom. The molecule has 35 heavy (non-hydrogen) atoms. The van der Waals surface area contributed by atoms with Crippen LogP contribution in [-0.2, 0) is 19.1 Å². The normalized spacial score (nSPS) is 18.8. The number of hydrogen-bond donors (Lipinski definition) is 2. The second-order valence-corrected chi connectivity index (χ2v) is 10.4. The molecule has 0 bridgehead atoms. The van der Waals surface area contributed by atoms with Crippen LogP contribution in [0.2, 0.25) is 0 Å². The number of esters is 2. The maximum Gasteiger partial charge on any atom is 0.417 e. The summed E-state index contributed by atoms with van der Waals surface area (Å²) in [6.07, 6.45) is -11.0. The number of hydrogen-bond acceptors (Lipinski definition) is 6. The first-order valence-electron chi connectivity index (χ1n) is 11.5. The maximum atomic E-state index is 13.0. The Bertz CT molecular complexity index is 695. The van der Waals surface area contributed by atoms with E-state index in [-0.39, 0.29) is 31.9 Å². The van der Waals surface area contributed by atoms with Gasteiger partial charge in [-0.15, -0.1) is 0 Å². The van der Waals surface area contributed by atoms with Crippen molar-refractivity contribution in [2.45, 2.75) is 98.2 Å². The van der Waals surface area contributed by atoms with Gasteiger partial charge in [0.1, 0.15) is 12.7 Å². The fourth-order valence-electron chi connectivity index (χ4n) is 3.99. The van der Waals surface area contributed by atoms with Gasteiger partial charge in [-0.3, -0.25) is 9.59 Å². The molecule has 0 aliphatic heterocycles. The van der Waals surface area contributed by atoms with Crippen molar-refractivity contribution >= 4 is 11.9 Å². The Hall–Kier alpha value is -1.56. The molecule has 4 unspecified atom stereocenters. The average Bonchev–Trinajstić information content (AvgIpc) is 2.64. The van der Waals surface area contributed by atoms with Gasteiger partial charge in [-0.2, -0.15) is 26.3 Å². The number of carbonyl (C=O) groups excluding carboxylic acids is 2. The molecule has 12 heteroatoms. The van der Waals surface area contributed by atoms with Gasteiger partial charge in [0, 0.05) is 13.0 Å². The summed E-state index contributed by atoms with van der Waals surface area (Å²) in [5.74, 6) is -1.52. The van der Waals surface area contributed by atoms with Gasteiger partial charge in [0.15, 0.2) is 5.60 Å². The molecule has 0 radical (unpaired) electrons. The van der Waals surface area contributed by atoms with Crippen LogP contribution in [0.3, 0.4) is 0 Å². The molecule has 0 heterocycles. The smallest absolute Gasteiger partial charge is 0.417 e. The number of halogens is 6. The van der Waals surface area contributed by atoms with E-state index in [1.807, 2.05) is 13.8 Å². The number of carbonyl (C=O) groups is 2. The zero-order valence-corrected chi connectivity index (χ0v) is 21.5. The molecule has 0 rings (SSSR count). The lowest BCUT2D eigenvalue weighted by molar-refractivity contribution is -0.261. The predicted molar refractivity (Wildman–Crippen MR) is 117 cm³/mol. The topological polar surface area (TPSA) is 84.9 Å². The third-order valence-corrected chi connectivity index (χ3v) is 5.85. The van der Waals surface area contributed by atoms with Crippen LogP contribution < -0.4 is 5.32 Å². The largest absolute Gasteiger partial charge is 0.464 e. The minimum Gasteiger partial charge on any atom is -0.464 e. The second-order valence-electron chi connectivity index (χ2n) is 10.4. The second kappa shape index (κ2) is 12.6. The first kappa shape index (κ1) is 33.4. The molecule has 0 aromatic heterocycles. The molecule has 208 valence electrons. The number of aliphatic hydroxyl groups is 1.